The Labute approximate surface area is 91.2 Å². The zero-order chi connectivity index (χ0) is 9.90. The molecule has 84 valence electrons. The first-order valence-electron chi connectivity index (χ1n) is 4.70. The van der Waals surface area contributed by atoms with E-state index in [1.165, 1.54) is 0 Å². The van der Waals surface area contributed by atoms with Crippen molar-refractivity contribution in [1.29, 1.82) is 0 Å². The second kappa shape index (κ2) is 5.53. The molecule has 1 fully saturated rings. The number of nitrogens with one attached hydrogen (secondary N) is 2. The van der Waals surface area contributed by atoms with Crippen LogP contribution in [0.1, 0.15) is 33.6 Å². The van der Waals surface area contributed by atoms with Crippen molar-refractivity contribution in [3.05, 3.63) is 0 Å². The van der Waals surface area contributed by atoms with Crippen LogP contribution in [-0.4, -0.2) is 24.2 Å². The number of ether oxygens (including phenoxy) is 1. The SMILES string of the molecule is CC(C)(C)OC(=O)[C@@H]1CCCNN1.Cl. The molecule has 5 heteroatoms. The van der Waals surface area contributed by atoms with Crippen LogP contribution in [0.15, 0.2) is 0 Å². The molecule has 2 N–H and O–H groups in total. The molecule has 1 atom stereocenters. The van der Waals surface area contributed by atoms with E-state index in [-0.39, 0.29) is 24.4 Å². The molecule has 14 heavy (non-hydrogen) atoms. The van der Waals surface area contributed by atoms with Gasteiger partial charge in [-0.2, -0.15) is 0 Å². The summed E-state index contributed by atoms with van der Waals surface area (Å²) in [5.74, 6) is -0.167. The van der Waals surface area contributed by atoms with Crippen LogP contribution in [0.2, 0.25) is 0 Å². The molecule has 0 radical (unpaired) electrons. The molecule has 0 bridgehead atoms. The van der Waals surface area contributed by atoms with E-state index >= 15 is 0 Å². The third-order valence-corrected chi connectivity index (χ3v) is 1.76. The number of carbonyl (C=O) groups is 1. The van der Waals surface area contributed by atoms with E-state index in [4.69, 9.17) is 4.74 Å². The van der Waals surface area contributed by atoms with Gasteiger partial charge in [-0.1, -0.05) is 0 Å². The van der Waals surface area contributed by atoms with Gasteiger partial charge in [0.1, 0.15) is 11.6 Å². The van der Waals surface area contributed by atoms with E-state index in [0.717, 1.165) is 19.4 Å². The first-order valence-corrected chi connectivity index (χ1v) is 4.70. The summed E-state index contributed by atoms with van der Waals surface area (Å²) in [4.78, 5) is 11.5. The van der Waals surface area contributed by atoms with Gasteiger partial charge >= 0.3 is 5.97 Å². The Kier molecular flexibility index (Phi) is 5.41. The molecule has 0 aromatic carbocycles. The first kappa shape index (κ1) is 13.7. The highest BCUT2D eigenvalue weighted by Crippen LogP contribution is 2.11. The summed E-state index contributed by atoms with van der Waals surface area (Å²) < 4.78 is 5.24. The Morgan fingerprint density at radius 1 is 1.43 bits per heavy atom. The van der Waals surface area contributed by atoms with Gasteiger partial charge in [-0.3, -0.25) is 10.2 Å². The third-order valence-electron chi connectivity index (χ3n) is 1.76. The fraction of sp³-hybridized carbons (Fsp3) is 0.889. The number of halogens is 1. The standard InChI is InChI=1S/C9H18N2O2.ClH/c1-9(2,3)13-8(12)7-5-4-6-10-11-7;/h7,10-11H,4-6H2,1-3H3;1H/t7-;/m0./s1. The highest BCUT2D eigenvalue weighted by atomic mass is 35.5. The van der Waals surface area contributed by atoms with Gasteiger partial charge in [-0.25, -0.2) is 5.43 Å². The minimum Gasteiger partial charge on any atom is -0.459 e. The molecule has 1 aliphatic heterocycles. The van der Waals surface area contributed by atoms with Crippen molar-refractivity contribution < 1.29 is 9.53 Å². The molecule has 1 saturated heterocycles. The summed E-state index contributed by atoms with van der Waals surface area (Å²) in [7, 11) is 0. The van der Waals surface area contributed by atoms with Gasteiger partial charge in [-0.05, 0) is 33.6 Å². The summed E-state index contributed by atoms with van der Waals surface area (Å²) in [6.45, 7) is 6.54. The van der Waals surface area contributed by atoms with Gasteiger partial charge in [0.25, 0.3) is 0 Å². The lowest BCUT2D eigenvalue weighted by Crippen LogP contribution is -2.51. The van der Waals surface area contributed by atoms with Crippen molar-refractivity contribution in [1.82, 2.24) is 10.9 Å². The number of hydrazine groups is 1. The molecule has 0 aromatic heterocycles. The Morgan fingerprint density at radius 2 is 2.07 bits per heavy atom. The molecule has 0 aromatic rings. The minimum atomic E-state index is -0.393. The average molecular weight is 223 g/mol. The maximum atomic E-state index is 11.5. The zero-order valence-electron chi connectivity index (χ0n) is 8.92. The Balaban J connectivity index is 0.00000169. The number of carbonyl (C=O) groups excluding carboxylic acids is 1. The number of esters is 1. The molecule has 0 unspecified atom stereocenters. The third kappa shape index (κ3) is 4.79. The Bertz CT molecular complexity index is 186. The van der Waals surface area contributed by atoms with Crippen LogP contribution < -0.4 is 10.9 Å². The van der Waals surface area contributed by atoms with Crippen LogP contribution in [0.5, 0.6) is 0 Å². The van der Waals surface area contributed by atoms with Crippen molar-refractivity contribution in [3.63, 3.8) is 0 Å². The summed E-state index contributed by atoms with van der Waals surface area (Å²) in [6, 6.07) is -0.187. The van der Waals surface area contributed by atoms with Gasteiger partial charge in [0.15, 0.2) is 0 Å². The lowest BCUT2D eigenvalue weighted by Gasteiger charge is -2.27. The molecule has 1 rings (SSSR count). The summed E-state index contributed by atoms with van der Waals surface area (Å²) >= 11 is 0. The lowest BCUT2D eigenvalue weighted by molar-refractivity contribution is -0.158. The maximum absolute atomic E-state index is 11.5. The minimum absolute atomic E-state index is 0. The second-order valence-electron chi connectivity index (χ2n) is 4.30. The summed E-state index contributed by atoms with van der Waals surface area (Å²) in [6.07, 6.45) is 1.86. The van der Waals surface area contributed by atoms with Crippen molar-refractivity contribution >= 4 is 18.4 Å². The summed E-state index contributed by atoms with van der Waals surface area (Å²) in [5, 5.41) is 0. The van der Waals surface area contributed by atoms with Crippen LogP contribution in [0.3, 0.4) is 0 Å². The quantitative estimate of drug-likeness (QED) is 0.651. The fourth-order valence-corrected chi connectivity index (χ4v) is 1.21. The van der Waals surface area contributed by atoms with Gasteiger partial charge in [-0.15, -0.1) is 12.4 Å². The molecular weight excluding hydrogens is 204 g/mol. The lowest BCUT2D eigenvalue weighted by atomic mass is 10.1. The smallest absolute Gasteiger partial charge is 0.325 e. The first-order chi connectivity index (χ1) is 5.99. The van der Waals surface area contributed by atoms with Crippen LogP contribution in [-0.2, 0) is 9.53 Å². The number of hydrogen-bond donors (Lipinski definition) is 2. The van der Waals surface area contributed by atoms with Crippen molar-refractivity contribution in [2.75, 3.05) is 6.54 Å². The largest absolute Gasteiger partial charge is 0.459 e. The van der Waals surface area contributed by atoms with Crippen molar-refractivity contribution in [2.24, 2.45) is 0 Å². The highest BCUT2D eigenvalue weighted by molar-refractivity contribution is 5.85. The normalized spacial score (nSPS) is 22.4. The topological polar surface area (TPSA) is 50.4 Å². The molecule has 4 nitrogen and oxygen atoms in total. The van der Waals surface area contributed by atoms with Crippen LogP contribution in [0.4, 0.5) is 0 Å². The van der Waals surface area contributed by atoms with E-state index in [2.05, 4.69) is 10.9 Å². The molecular formula is C9H19ClN2O2. The van der Waals surface area contributed by atoms with Crippen LogP contribution >= 0.6 is 12.4 Å². The number of rotatable bonds is 1. The highest BCUT2D eigenvalue weighted by Gasteiger charge is 2.25. The van der Waals surface area contributed by atoms with Crippen LogP contribution in [0, 0.1) is 0 Å². The molecule has 0 spiro atoms. The maximum Gasteiger partial charge on any atom is 0.325 e. The van der Waals surface area contributed by atoms with Gasteiger partial charge in [0, 0.05) is 6.54 Å². The molecule has 1 heterocycles. The van der Waals surface area contributed by atoms with Crippen LogP contribution in [0.25, 0.3) is 0 Å². The average Bonchev–Trinajstić information content (AvgIpc) is 2.03. The van der Waals surface area contributed by atoms with E-state index in [1.54, 1.807) is 0 Å². The monoisotopic (exact) mass is 222 g/mol. The number of hydrogen-bond acceptors (Lipinski definition) is 4. The van der Waals surface area contributed by atoms with E-state index in [9.17, 15) is 4.79 Å². The Hall–Kier alpha value is -0.320. The molecule has 0 aliphatic carbocycles. The van der Waals surface area contributed by atoms with E-state index in [1.807, 2.05) is 20.8 Å². The Morgan fingerprint density at radius 3 is 2.50 bits per heavy atom. The van der Waals surface area contributed by atoms with E-state index in [0.29, 0.717) is 0 Å². The predicted octanol–water partition coefficient (Wildman–Crippen LogP) is 1.01. The molecule has 0 amide bonds. The second-order valence-corrected chi connectivity index (χ2v) is 4.30. The van der Waals surface area contributed by atoms with Gasteiger partial charge < -0.3 is 4.74 Å². The van der Waals surface area contributed by atoms with Crippen molar-refractivity contribution in [2.45, 2.75) is 45.3 Å². The van der Waals surface area contributed by atoms with E-state index < -0.39 is 5.60 Å². The molecule has 1 aliphatic rings. The van der Waals surface area contributed by atoms with Gasteiger partial charge in [0.05, 0.1) is 0 Å². The van der Waals surface area contributed by atoms with Gasteiger partial charge in [0.2, 0.25) is 0 Å². The fourth-order valence-electron chi connectivity index (χ4n) is 1.21. The predicted molar refractivity (Wildman–Crippen MR) is 57.3 cm³/mol. The summed E-state index contributed by atoms with van der Waals surface area (Å²) in [5.41, 5.74) is 5.47. The van der Waals surface area contributed by atoms with Crippen molar-refractivity contribution in [3.8, 4) is 0 Å². The molecule has 0 saturated carbocycles. The zero-order valence-corrected chi connectivity index (χ0v) is 9.74.